The van der Waals surface area contributed by atoms with Crippen LogP contribution in [-0.4, -0.2) is 0 Å². The number of benzene rings is 3. The molecule has 0 aliphatic rings. The van der Waals surface area contributed by atoms with Crippen LogP contribution in [0, 0.1) is 17.1 Å². The first kappa shape index (κ1) is 13.6. The van der Waals surface area contributed by atoms with Crippen LogP contribution < -0.4 is 4.74 Å². The van der Waals surface area contributed by atoms with Crippen molar-refractivity contribution in [2.24, 2.45) is 0 Å². The summed E-state index contributed by atoms with van der Waals surface area (Å²) in [5.74, 6) is 0.101. The Labute approximate surface area is 129 Å². The van der Waals surface area contributed by atoms with Gasteiger partial charge in [0, 0.05) is 4.47 Å². The van der Waals surface area contributed by atoms with E-state index in [4.69, 9.17) is 10.00 Å². The summed E-state index contributed by atoms with van der Waals surface area (Å²) < 4.78 is 20.4. The van der Waals surface area contributed by atoms with Crippen molar-refractivity contribution in [2.75, 3.05) is 0 Å². The van der Waals surface area contributed by atoms with E-state index in [1.54, 1.807) is 6.07 Å². The fraction of sp³-hybridized carbons (Fsp3) is 0. The predicted molar refractivity (Wildman–Crippen MR) is 82.8 cm³/mol. The monoisotopic (exact) mass is 341 g/mol. The highest BCUT2D eigenvalue weighted by atomic mass is 79.9. The molecule has 0 aliphatic heterocycles. The molecule has 0 saturated heterocycles. The van der Waals surface area contributed by atoms with E-state index in [1.165, 1.54) is 12.1 Å². The molecule has 4 heteroatoms. The molecule has 3 rings (SSSR count). The van der Waals surface area contributed by atoms with Gasteiger partial charge < -0.3 is 4.74 Å². The molecule has 0 saturated carbocycles. The minimum atomic E-state index is -0.551. The first-order chi connectivity index (χ1) is 10.2. The molecule has 0 spiro atoms. The highest BCUT2D eigenvalue weighted by Gasteiger charge is 2.06. The maximum absolute atomic E-state index is 13.8. The zero-order valence-corrected chi connectivity index (χ0v) is 12.4. The van der Waals surface area contributed by atoms with Crippen molar-refractivity contribution in [2.45, 2.75) is 0 Å². The average Bonchev–Trinajstić information content (AvgIpc) is 2.49. The van der Waals surface area contributed by atoms with Gasteiger partial charge in [-0.05, 0) is 53.2 Å². The zero-order valence-electron chi connectivity index (χ0n) is 10.8. The van der Waals surface area contributed by atoms with Gasteiger partial charge in [-0.2, -0.15) is 5.26 Å². The quantitative estimate of drug-likeness (QED) is 0.624. The molecule has 0 atom stereocenters. The SMILES string of the molecule is N#Cc1ccc(Oc2ccc3cc(Br)ccc3c2)c(F)c1. The molecule has 0 radical (unpaired) electrons. The van der Waals surface area contributed by atoms with Crippen LogP contribution in [0.3, 0.4) is 0 Å². The van der Waals surface area contributed by atoms with Crippen LogP contribution in [-0.2, 0) is 0 Å². The predicted octanol–water partition coefficient (Wildman–Crippen LogP) is 5.41. The highest BCUT2D eigenvalue weighted by molar-refractivity contribution is 9.10. The smallest absolute Gasteiger partial charge is 0.167 e. The third-order valence-electron chi connectivity index (χ3n) is 3.06. The summed E-state index contributed by atoms with van der Waals surface area (Å²) in [6.45, 7) is 0. The molecule has 3 aromatic carbocycles. The molecule has 0 amide bonds. The Morgan fingerprint density at radius 2 is 1.71 bits per heavy atom. The van der Waals surface area contributed by atoms with Crippen molar-refractivity contribution >= 4 is 26.7 Å². The summed E-state index contributed by atoms with van der Waals surface area (Å²) in [4.78, 5) is 0. The van der Waals surface area contributed by atoms with Gasteiger partial charge in [-0.25, -0.2) is 4.39 Å². The molecule has 0 aromatic heterocycles. The summed E-state index contributed by atoms with van der Waals surface area (Å²) in [7, 11) is 0. The second kappa shape index (κ2) is 5.55. The molecule has 0 N–H and O–H groups in total. The minimum Gasteiger partial charge on any atom is -0.454 e. The van der Waals surface area contributed by atoms with E-state index in [9.17, 15) is 4.39 Å². The maximum Gasteiger partial charge on any atom is 0.167 e. The first-order valence-electron chi connectivity index (χ1n) is 6.22. The van der Waals surface area contributed by atoms with Gasteiger partial charge in [-0.15, -0.1) is 0 Å². The molecule has 2 nitrogen and oxygen atoms in total. The number of halogens is 2. The van der Waals surface area contributed by atoms with Gasteiger partial charge in [0.05, 0.1) is 11.6 Å². The van der Waals surface area contributed by atoms with E-state index in [0.717, 1.165) is 21.3 Å². The molecule has 3 aromatic rings. The summed E-state index contributed by atoms with van der Waals surface area (Å²) in [5.41, 5.74) is 0.267. The van der Waals surface area contributed by atoms with Gasteiger partial charge in [-0.3, -0.25) is 0 Å². The fourth-order valence-electron chi connectivity index (χ4n) is 2.04. The lowest BCUT2D eigenvalue weighted by Gasteiger charge is -2.08. The second-order valence-corrected chi connectivity index (χ2v) is 5.43. The zero-order chi connectivity index (χ0) is 14.8. The standard InChI is InChI=1S/C17H9BrFNO/c18-14-4-2-13-9-15(5-3-12(13)8-14)21-17-6-1-11(10-20)7-16(17)19/h1-9H. The van der Waals surface area contributed by atoms with Crippen molar-refractivity contribution in [3.63, 3.8) is 0 Å². The average molecular weight is 342 g/mol. The molecular weight excluding hydrogens is 333 g/mol. The molecule has 0 fully saturated rings. The lowest BCUT2D eigenvalue weighted by molar-refractivity contribution is 0.442. The fourth-order valence-corrected chi connectivity index (χ4v) is 2.42. The number of nitriles is 1. The van der Waals surface area contributed by atoms with Crippen molar-refractivity contribution < 1.29 is 9.13 Å². The number of fused-ring (bicyclic) bond motifs is 1. The number of ether oxygens (including phenoxy) is 1. The van der Waals surface area contributed by atoms with E-state index in [0.29, 0.717) is 5.75 Å². The van der Waals surface area contributed by atoms with Crippen molar-refractivity contribution in [1.29, 1.82) is 5.26 Å². The van der Waals surface area contributed by atoms with Crippen LogP contribution in [0.1, 0.15) is 5.56 Å². The molecule has 21 heavy (non-hydrogen) atoms. The number of hydrogen-bond donors (Lipinski definition) is 0. The minimum absolute atomic E-state index is 0.102. The largest absolute Gasteiger partial charge is 0.454 e. The van der Waals surface area contributed by atoms with Crippen molar-refractivity contribution in [3.05, 3.63) is 70.5 Å². The van der Waals surface area contributed by atoms with Crippen LogP contribution in [0.5, 0.6) is 11.5 Å². The lowest BCUT2D eigenvalue weighted by atomic mass is 10.1. The van der Waals surface area contributed by atoms with Gasteiger partial charge in [-0.1, -0.05) is 28.1 Å². The Kier molecular flexibility index (Phi) is 3.59. The topological polar surface area (TPSA) is 33.0 Å². The molecule has 0 bridgehead atoms. The molecule has 0 unspecified atom stereocenters. The Balaban J connectivity index is 1.95. The summed E-state index contributed by atoms with van der Waals surface area (Å²) in [6.07, 6.45) is 0. The molecule has 102 valence electrons. The van der Waals surface area contributed by atoms with Gasteiger partial charge in [0.1, 0.15) is 5.75 Å². The lowest BCUT2D eigenvalue weighted by Crippen LogP contribution is -1.89. The van der Waals surface area contributed by atoms with Crippen LogP contribution >= 0.6 is 15.9 Å². The van der Waals surface area contributed by atoms with Crippen LogP contribution in [0.2, 0.25) is 0 Å². The Bertz CT molecular complexity index is 870. The van der Waals surface area contributed by atoms with Crippen LogP contribution in [0.15, 0.2) is 59.1 Å². The van der Waals surface area contributed by atoms with Gasteiger partial charge >= 0.3 is 0 Å². The third kappa shape index (κ3) is 2.88. The number of hydrogen-bond acceptors (Lipinski definition) is 2. The Morgan fingerprint density at radius 3 is 2.48 bits per heavy atom. The van der Waals surface area contributed by atoms with Gasteiger partial charge in [0.2, 0.25) is 0 Å². The summed E-state index contributed by atoms with van der Waals surface area (Å²) >= 11 is 3.42. The maximum atomic E-state index is 13.8. The Hall–Kier alpha value is -2.38. The summed E-state index contributed by atoms with van der Waals surface area (Å²) in [6, 6.07) is 17.5. The van der Waals surface area contributed by atoms with Crippen molar-refractivity contribution in [1.82, 2.24) is 0 Å². The van der Waals surface area contributed by atoms with E-state index in [1.807, 2.05) is 36.4 Å². The first-order valence-corrected chi connectivity index (χ1v) is 7.02. The normalized spacial score (nSPS) is 10.3. The van der Waals surface area contributed by atoms with Crippen LogP contribution in [0.25, 0.3) is 10.8 Å². The van der Waals surface area contributed by atoms with E-state index >= 15 is 0 Å². The second-order valence-electron chi connectivity index (χ2n) is 4.51. The van der Waals surface area contributed by atoms with Gasteiger partial charge in [0.25, 0.3) is 0 Å². The molecule has 0 aliphatic carbocycles. The van der Waals surface area contributed by atoms with E-state index in [2.05, 4.69) is 15.9 Å². The van der Waals surface area contributed by atoms with Crippen molar-refractivity contribution in [3.8, 4) is 17.6 Å². The number of rotatable bonds is 2. The summed E-state index contributed by atoms with van der Waals surface area (Å²) in [5, 5.41) is 10.8. The number of nitrogens with zero attached hydrogens (tertiary/aromatic N) is 1. The van der Waals surface area contributed by atoms with Gasteiger partial charge in [0.15, 0.2) is 11.6 Å². The highest BCUT2D eigenvalue weighted by Crippen LogP contribution is 2.29. The molecular formula is C17H9BrFNO. The van der Waals surface area contributed by atoms with E-state index in [-0.39, 0.29) is 11.3 Å². The van der Waals surface area contributed by atoms with Crippen LogP contribution in [0.4, 0.5) is 4.39 Å². The molecule has 0 heterocycles. The third-order valence-corrected chi connectivity index (χ3v) is 3.56. The van der Waals surface area contributed by atoms with E-state index < -0.39 is 5.82 Å². The Morgan fingerprint density at radius 1 is 0.952 bits per heavy atom.